The number of piperazine rings is 1. The number of thiazole rings is 1. The first-order valence-electron chi connectivity index (χ1n) is 11.6. The molecule has 33 heavy (non-hydrogen) atoms. The Kier molecular flexibility index (Phi) is 7.28. The van der Waals surface area contributed by atoms with Crippen LogP contribution in [0, 0.1) is 0 Å². The van der Waals surface area contributed by atoms with E-state index in [9.17, 15) is 4.79 Å². The molecule has 0 bridgehead atoms. The number of hydrogen-bond donors (Lipinski definition) is 0. The molecule has 2 aromatic carbocycles. The molecule has 2 saturated heterocycles. The number of carbonyl (C=O) groups excluding carboxylic acids is 1. The van der Waals surface area contributed by atoms with E-state index in [-0.39, 0.29) is 6.23 Å². The molecule has 2 aliphatic heterocycles. The number of aldehydes is 1. The lowest BCUT2D eigenvalue weighted by Gasteiger charge is -2.42. The molecule has 8 heteroatoms. The van der Waals surface area contributed by atoms with Crippen molar-refractivity contribution in [3.05, 3.63) is 54.1 Å². The lowest BCUT2D eigenvalue weighted by Crippen LogP contribution is -2.57. The molecule has 1 aromatic heterocycles. The van der Waals surface area contributed by atoms with E-state index in [1.165, 1.54) is 5.56 Å². The van der Waals surface area contributed by atoms with Crippen LogP contribution in [-0.4, -0.2) is 91.2 Å². The molecule has 0 spiro atoms. The number of hydrogen-bond acceptors (Lipinski definition) is 8. The van der Waals surface area contributed by atoms with Gasteiger partial charge in [0.2, 0.25) is 0 Å². The summed E-state index contributed by atoms with van der Waals surface area (Å²) in [7, 11) is 0. The number of para-hydroxylation sites is 1. The second-order valence-electron chi connectivity index (χ2n) is 8.57. The third kappa shape index (κ3) is 5.77. The quantitative estimate of drug-likeness (QED) is 0.473. The molecular weight excluding hydrogens is 436 g/mol. The van der Waals surface area contributed by atoms with Gasteiger partial charge in [0.1, 0.15) is 18.3 Å². The van der Waals surface area contributed by atoms with Crippen molar-refractivity contribution in [3.8, 4) is 10.9 Å². The Hall–Kier alpha value is -2.36. The zero-order chi connectivity index (χ0) is 22.5. The molecule has 0 N–H and O–H groups in total. The first kappa shape index (κ1) is 22.4. The van der Waals surface area contributed by atoms with E-state index in [4.69, 9.17) is 9.47 Å². The maximum absolute atomic E-state index is 10.8. The maximum atomic E-state index is 10.8. The topological polar surface area (TPSA) is 58.1 Å². The van der Waals surface area contributed by atoms with Gasteiger partial charge in [0.15, 0.2) is 0 Å². The third-order valence-corrected chi connectivity index (χ3v) is 7.31. The summed E-state index contributed by atoms with van der Waals surface area (Å²) in [5, 5.41) is 0.679. The Morgan fingerprint density at radius 1 is 1.03 bits per heavy atom. The van der Waals surface area contributed by atoms with Gasteiger partial charge in [-0.15, -0.1) is 0 Å². The SMILES string of the molecule is O=CCN1CCO[C@H](N2CCN(CCc3ccc(Oc4nc5ccccc5s4)cc3)CC2)C1. The second kappa shape index (κ2) is 10.7. The number of aromatic nitrogens is 1. The van der Waals surface area contributed by atoms with Crippen molar-refractivity contribution in [2.75, 3.05) is 59.0 Å². The molecule has 174 valence electrons. The highest BCUT2D eigenvalue weighted by molar-refractivity contribution is 7.20. The molecule has 0 amide bonds. The summed E-state index contributed by atoms with van der Waals surface area (Å²) in [6, 6.07) is 16.4. The van der Waals surface area contributed by atoms with Crippen LogP contribution in [0.2, 0.25) is 0 Å². The minimum absolute atomic E-state index is 0.115. The van der Waals surface area contributed by atoms with Gasteiger partial charge in [-0.2, -0.15) is 0 Å². The molecule has 0 saturated carbocycles. The van der Waals surface area contributed by atoms with E-state index in [0.29, 0.717) is 18.3 Å². The average molecular weight is 467 g/mol. The molecule has 0 aliphatic carbocycles. The molecule has 0 radical (unpaired) electrons. The van der Waals surface area contributed by atoms with Crippen molar-refractivity contribution in [1.29, 1.82) is 0 Å². The van der Waals surface area contributed by atoms with E-state index in [2.05, 4.69) is 37.9 Å². The van der Waals surface area contributed by atoms with Gasteiger partial charge >= 0.3 is 0 Å². The predicted octanol–water partition coefficient (Wildman–Crippen LogP) is 3.11. The highest BCUT2D eigenvalue weighted by Gasteiger charge is 2.28. The Morgan fingerprint density at radius 3 is 2.64 bits per heavy atom. The summed E-state index contributed by atoms with van der Waals surface area (Å²) in [6.45, 7) is 8.04. The normalized spacial score (nSPS) is 20.8. The lowest BCUT2D eigenvalue weighted by molar-refractivity contribution is -0.127. The number of morpholine rings is 1. The lowest BCUT2D eigenvalue weighted by atomic mass is 10.1. The van der Waals surface area contributed by atoms with Crippen molar-refractivity contribution in [2.24, 2.45) is 0 Å². The van der Waals surface area contributed by atoms with E-state index >= 15 is 0 Å². The average Bonchev–Trinajstić information content (AvgIpc) is 3.27. The monoisotopic (exact) mass is 466 g/mol. The van der Waals surface area contributed by atoms with Gasteiger partial charge in [-0.25, -0.2) is 4.98 Å². The number of rotatable bonds is 8. The number of ether oxygens (including phenoxy) is 2. The van der Waals surface area contributed by atoms with Crippen LogP contribution in [0.25, 0.3) is 10.2 Å². The van der Waals surface area contributed by atoms with Crippen molar-refractivity contribution in [3.63, 3.8) is 0 Å². The fourth-order valence-corrected chi connectivity index (χ4v) is 5.29. The van der Waals surface area contributed by atoms with Crippen LogP contribution in [-0.2, 0) is 16.0 Å². The van der Waals surface area contributed by atoms with Gasteiger partial charge in [-0.1, -0.05) is 35.6 Å². The van der Waals surface area contributed by atoms with Gasteiger partial charge in [0.25, 0.3) is 5.19 Å². The first-order valence-corrected chi connectivity index (χ1v) is 12.4. The molecule has 2 aliphatic rings. The minimum atomic E-state index is 0.115. The highest BCUT2D eigenvalue weighted by atomic mass is 32.1. The molecule has 5 rings (SSSR count). The summed E-state index contributed by atoms with van der Waals surface area (Å²) in [5.74, 6) is 0.822. The summed E-state index contributed by atoms with van der Waals surface area (Å²) >= 11 is 1.57. The maximum Gasteiger partial charge on any atom is 0.279 e. The van der Waals surface area contributed by atoms with E-state index in [1.807, 2.05) is 30.3 Å². The van der Waals surface area contributed by atoms with Crippen LogP contribution < -0.4 is 4.74 Å². The smallest absolute Gasteiger partial charge is 0.279 e. The molecule has 3 aromatic rings. The summed E-state index contributed by atoms with van der Waals surface area (Å²) in [5.41, 5.74) is 2.29. The predicted molar refractivity (Wildman–Crippen MR) is 130 cm³/mol. The third-order valence-electron chi connectivity index (χ3n) is 6.40. The zero-order valence-corrected chi connectivity index (χ0v) is 19.6. The van der Waals surface area contributed by atoms with Gasteiger partial charge in [0.05, 0.1) is 23.4 Å². The second-order valence-corrected chi connectivity index (χ2v) is 9.57. The minimum Gasteiger partial charge on any atom is -0.431 e. The number of carbonyl (C=O) groups is 1. The zero-order valence-electron chi connectivity index (χ0n) is 18.8. The fraction of sp³-hybridized carbons (Fsp3) is 0.440. The Morgan fingerprint density at radius 2 is 1.85 bits per heavy atom. The van der Waals surface area contributed by atoms with Gasteiger partial charge < -0.3 is 19.2 Å². The summed E-state index contributed by atoms with van der Waals surface area (Å²) < 4.78 is 13.1. The van der Waals surface area contributed by atoms with Crippen LogP contribution in [0.15, 0.2) is 48.5 Å². The highest BCUT2D eigenvalue weighted by Crippen LogP contribution is 2.31. The van der Waals surface area contributed by atoms with Crippen LogP contribution in [0.1, 0.15) is 5.56 Å². The van der Waals surface area contributed by atoms with E-state index < -0.39 is 0 Å². The van der Waals surface area contributed by atoms with Crippen LogP contribution >= 0.6 is 11.3 Å². The standard InChI is InChI=1S/C25H30N4O3S/c30-17-15-28-16-18-31-24(19-28)29-13-11-27(12-14-29)10-9-20-5-7-21(8-6-20)32-25-26-22-3-1-2-4-23(22)33-25/h1-8,17,24H,9-16,18-19H2/t24-/m0/s1. The molecule has 2 fully saturated rings. The number of fused-ring (bicyclic) bond motifs is 1. The van der Waals surface area contributed by atoms with Crippen LogP contribution in [0.3, 0.4) is 0 Å². The van der Waals surface area contributed by atoms with Crippen molar-refractivity contribution >= 4 is 27.8 Å². The molecule has 7 nitrogen and oxygen atoms in total. The van der Waals surface area contributed by atoms with Crippen molar-refractivity contribution in [1.82, 2.24) is 19.7 Å². The van der Waals surface area contributed by atoms with E-state index in [1.54, 1.807) is 11.3 Å². The largest absolute Gasteiger partial charge is 0.431 e. The summed E-state index contributed by atoms with van der Waals surface area (Å²) in [6.07, 6.45) is 2.12. The molecular formula is C25H30N4O3S. The first-order chi connectivity index (χ1) is 16.3. The van der Waals surface area contributed by atoms with Crippen molar-refractivity contribution in [2.45, 2.75) is 12.6 Å². The van der Waals surface area contributed by atoms with Crippen LogP contribution in [0.4, 0.5) is 0 Å². The van der Waals surface area contributed by atoms with Crippen molar-refractivity contribution < 1.29 is 14.3 Å². The van der Waals surface area contributed by atoms with Gasteiger partial charge in [0, 0.05) is 45.8 Å². The Balaban J connectivity index is 1.06. The summed E-state index contributed by atoms with van der Waals surface area (Å²) in [4.78, 5) is 22.5. The van der Waals surface area contributed by atoms with Gasteiger partial charge in [-0.3, -0.25) is 9.80 Å². The van der Waals surface area contributed by atoms with Gasteiger partial charge in [-0.05, 0) is 36.2 Å². The van der Waals surface area contributed by atoms with Crippen LogP contribution in [0.5, 0.6) is 10.9 Å². The number of benzene rings is 2. The Labute approximate surface area is 198 Å². The fourth-order valence-electron chi connectivity index (χ4n) is 4.46. The molecule has 1 atom stereocenters. The molecule has 0 unspecified atom stereocenters. The number of nitrogens with zero attached hydrogens (tertiary/aromatic N) is 4. The molecule has 3 heterocycles. The van der Waals surface area contributed by atoms with E-state index in [0.717, 1.165) is 74.5 Å². The Bertz CT molecular complexity index is 1020.